The average molecular weight is 586 g/mol. The molecule has 0 bridgehead atoms. The molecule has 0 radical (unpaired) electrons. The molecule has 0 aliphatic heterocycles. The lowest BCUT2D eigenvalue weighted by atomic mass is 9.73. The van der Waals surface area contributed by atoms with Gasteiger partial charge in [-0.15, -0.1) is 0 Å². The van der Waals surface area contributed by atoms with E-state index in [0.717, 1.165) is 22.6 Å². The van der Waals surface area contributed by atoms with Crippen LogP contribution in [0.3, 0.4) is 0 Å². The van der Waals surface area contributed by atoms with E-state index in [2.05, 4.69) is 199 Å². The third-order valence-corrected chi connectivity index (χ3v) is 8.91. The largest absolute Gasteiger partial charge is 0.310 e. The number of para-hydroxylation sites is 2. The zero-order valence-electron chi connectivity index (χ0n) is 25.3. The first-order valence-corrected chi connectivity index (χ1v) is 15.7. The van der Waals surface area contributed by atoms with E-state index in [-0.39, 0.29) is 0 Å². The Hall–Kier alpha value is -6.10. The van der Waals surface area contributed by atoms with E-state index >= 15 is 0 Å². The third-order valence-electron chi connectivity index (χ3n) is 8.91. The first kappa shape index (κ1) is 27.4. The monoisotopic (exact) mass is 585 g/mol. The Morgan fingerprint density at radius 1 is 0.391 bits per heavy atom. The summed E-state index contributed by atoms with van der Waals surface area (Å²) in [7, 11) is 0. The van der Waals surface area contributed by atoms with Crippen LogP contribution in [0, 0.1) is 11.8 Å². The number of fused-ring (bicyclic) bond motifs is 3. The molecule has 1 aliphatic rings. The van der Waals surface area contributed by atoms with Gasteiger partial charge < -0.3 is 4.90 Å². The molecular weight excluding hydrogens is 555 g/mol. The molecule has 0 fully saturated rings. The van der Waals surface area contributed by atoms with E-state index in [0.29, 0.717) is 0 Å². The fourth-order valence-electron chi connectivity index (χ4n) is 6.76. The van der Waals surface area contributed by atoms with Crippen molar-refractivity contribution in [3.63, 3.8) is 0 Å². The first-order valence-electron chi connectivity index (χ1n) is 15.7. The average Bonchev–Trinajstić information content (AvgIpc) is 3.42. The highest BCUT2D eigenvalue weighted by atomic mass is 15.1. The maximum absolute atomic E-state index is 3.85. The molecule has 1 heteroatoms. The Balaban J connectivity index is 1.30. The molecule has 8 rings (SSSR count). The smallest absolute Gasteiger partial charge is 0.108 e. The molecule has 1 aliphatic carbocycles. The maximum Gasteiger partial charge on any atom is 0.108 e. The van der Waals surface area contributed by atoms with Crippen LogP contribution in [0.1, 0.15) is 22.3 Å². The second-order valence-electron chi connectivity index (χ2n) is 11.6. The fraction of sp³-hybridized carbons (Fsp3) is 0.0222. The van der Waals surface area contributed by atoms with Gasteiger partial charge in [-0.1, -0.05) is 151 Å². The number of hydrogen-bond acceptors (Lipinski definition) is 1. The molecule has 216 valence electrons. The zero-order valence-corrected chi connectivity index (χ0v) is 25.3. The van der Waals surface area contributed by atoms with Gasteiger partial charge in [0, 0.05) is 22.6 Å². The van der Waals surface area contributed by atoms with E-state index in [1.807, 2.05) is 6.07 Å². The van der Waals surface area contributed by atoms with Crippen molar-refractivity contribution in [1.29, 1.82) is 0 Å². The Morgan fingerprint density at radius 2 is 0.913 bits per heavy atom. The quantitative estimate of drug-likeness (QED) is 0.182. The second-order valence-corrected chi connectivity index (χ2v) is 11.6. The summed E-state index contributed by atoms with van der Waals surface area (Å²) in [6.07, 6.45) is 0. The minimum Gasteiger partial charge on any atom is -0.310 e. The molecule has 46 heavy (non-hydrogen) atoms. The molecule has 1 nitrogen and oxygen atoms in total. The summed E-state index contributed by atoms with van der Waals surface area (Å²) >= 11 is 0. The SMILES string of the molecule is C(#CC1(c2ccccc2)c2ccccc2-c2cc(N(c3ccccc3)c3ccccc3)ccc21)c1ccc(-c2ccccc2)cc1. The summed E-state index contributed by atoms with van der Waals surface area (Å²) in [5, 5.41) is 0. The van der Waals surface area contributed by atoms with Gasteiger partial charge in [-0.25, -0.2) is 0 Å². The lowest BCUT2D eigenvalue weighted by molar-refractivity contribution is 0.837. The summed E-state index contributed by atoms with van der Waals surface area (Å²) in [4.78, 5) is 2.32. The van der Waals surface area contributed by atoms with Crippen LogP contribution in [-0.4, -0.2) is 0 Å². The van der Waals surface area contributed by atoms with Crippen LogP contribution >= 0.6 is 0 Å². The predicted molar refractivity (Wildman–Crippen MR) is 192 cm³/mol. The van der Waals surface area contributed by atoms with Gasteiger partial charge in [0.1, 0.15) is 5.41 Å². The third kappa shape index (κ3) is 4.78. The molecule has 7 aromatic rings. The molecule has 7 aromatic carbocycles. The van der Waals surface area contributed by atoms with Gasteiger partial charge in [-0.3, -0.25) is 0 Å². The van der Waals surface area contributed by atoms with Gasteiger partial charge in [0.05, 0.1) is 0 Å². The Morgan fingerprint density at radius 3 is 1.57 bits per heavy atom. The standard InChI is InChI=1S/C45H31N/c1-5-15-35(16-6-1)36-27-25-34(26-28-36)31-32-45(37-17-7-2-8-18-37)43-24-14-13-23-41(43)42-33-40(29-30-44(42)45)46(38-19-9-3-10-20-38)39-21-11-4-12-22-39/h1-30,33H. The lowest BCUT2D eigenvalue weighted by Gasteiger charge is -2.29. The van der Waals surface area contributed by atoms with Crippen LogP contribution in [0.25, 0.3) is 22.3 Å². The van der Waals surface area contributed by atoms with Gasteiger partial charge >= 0.3 is 0 Å². The molecular formula is C45H31N. The predicted octanol–water partition coefficient (Wildman–Crippen LogP) is 11.2. The highest BCUT2D eigenvalue weighted by molar-refractivity contribution is 5.90. The van der Waals surface area contributed by atoms with E-state index in [9.17, 15) is 0 Å². The number of nitrogens with zero attached hydrogens (tertiary/aromatic N) is 1. The summed E-state index contributed by atoms with van der Waals surface area (Å²) in [5.74, 6) is 7.46. The Kier molecular flexibility index (Phi) is 7.02. The van der Waals surface area contributed by atoms with Crippen LogP contribution in [-0.2, 0) is 5.41 Å². The summed E-state index contributed by atoms with van der Waals surface area (Å²) in [6, 6.07) is 66.6. The van der Waals surface area contributed by atoms with Gasteiger partial charge in [0.2, 0.25) is 0 Å². The molecule has 1 atom stereocenters. The molecule has 0 heterocycles. The van der Waals surface area contributed by atoms with E-state index in [1.54, 1.807) is 0 Å². The Labute approximate surface area is 271 Å². The van der Waals surface area contributed by atoms with Crippen molar-refractivity contribution < 1.29 is 0 Å². The number of hydrogen-bond donors (Lipinski definition) is 0. The normalized spacial score (nSPS) is 14.4. The van der Waals surface area contributed by atoms with E-state index in [1.165, 1.54) is 38.9 Å². The van der Waals surface area contributed by atoms with Crippen LogP contribution in [0.15, 0.2) is 188 Å². The molecule has 0 aromatic heterocycles. The maximum atomic E-state index is 3.85. The van der Waals surface area contributed by atoms with Crippen LogP contribution in [0.5, 0.6) is 0 Å². The molecule has 0 amide bonds. The molecule has 0 N–H and O–H groups in total. The Bertz CT molecular complexity index is 2140. The fourth-order valence-corrected chi connectivity index (χ4v) is 6.76. The van der Waals surface area contributed by atoms with Crippen molar-refractivity contribution in [3.05, 3.63) is 210 Å². The topological polar surface area (TPSA) is 3.24 Å². The lowest BCUT2D eigenvalue weighted by Crippen LogP contribution is -2.25. The minimum atomic E-state index is -0.617. The van der Waals surface area contributed by atoms with Crippen molar-refractivity contribution in [2.45, 2.75) is 5.41 Å². The van der Waals surface area contributed by atoms with Crippen molar-refractivity contribution >= 4 is 17.1 Å². The molecule has 1 unspecified atom stereocenters. The van der Waals surface area contributed by atoms with Crippen molar-refractivity contribution in [2.75, 3.05) is 4.90 Å². The van der Waals surface area contributed by atoms with Crippen LogP contribution in [0.4, 0.5) is 17.1 Å². The molecule has 0 spiro atoms. The van der Waals surface area contributed by atoms with E-state index < -0.39 is 5.41 Å². The van der Waals surface area contributed by atoms with E-state index in [4.69, 9.17) is 0 Å². The minimum absolute atomic E-state index is 0.617. The second kappa shape index (κ2) is 11.8. The van der Waals surface area contributed by atoms with Crippen molar-refractivity contribution in [1.82, 2.24) is 0 Å². The first-order chi connectivity index (χ1) is 22.8. The van der Waals surface area contributed by atoms with Gasteiger partial charge in [0.25, 0.3) is 0 Å². The summed E-state index contributed by atoms with van der Waals surface area (Å²) in [5.41, 5.74) is 12.1. The van der Waals surface area contributed by atoms with Crippen molar-refractivity contribution in [3.8, 4) is 34.1 Å². The van der Waals surface area contributed by atoms with Gasteiger partial charge in [0.15, 0.2) is 0 Å². The number of rotatable bonds is 5. The highest BCUT2D eigenvalue weighted by Gasteiger charge is 2.43. The van der Waals surface area contributed by atoms with Gasteiger partial charge in [-0.05, 0) is 87.5 Å². The van der Waals surface area contributed by atoms with Crippen LogP contribution < -0.4 is 4.90 Å². The van der Waals surface area contributed by atoms with Crippen LogP contribution in [0.2, 0.25) is 0 Å². The summed E-state index contributed by atoms with van der Waals surface area (Å²) < 4.78 is 0. The molecule has 0 saturated carbocycles. The summed E-state index contributed by atoms with van der Waals surface area (Å²) in [6.45, 7) is 0. The molecule has 0 saturated heterocycles. The highest BCUT2D eigenvalue weighted by Crippen LogP contribution is 2.53. The van der Waals surface area contributed by atoms with Gasteiger partial charge in [-0.2, -0.15) is 0 Å². The zero-order chi connectivity index (χ0) is 30.8. The number of anilines is 3. The number of benzene rings is 7. The van der Waals surface area contributed by atoms with Crippen molar-refractivity contribution in [2.24, 2.45) is 0 Å².